The number of carbonyl (C=O) groups is 4. The predicted octanol–water partition coefficient (Wildman–Crippen LogP) is 3.87. The molecule has 0 aromatic carbocycles. The summed E-state index contributed by atoms with van der Waals surface area (Å²) in [4.78, 5) is 46.9. The molecule has 0 heterocycles. The standard InChI is InChI=1S/C23H34N2O6/c1-14(2)19(26)24-21(28)30-12-16(5)18-9-17-7-6-8-23(10-17,11-18)13-31-22(29)25-20(27)15(3)4/h16-18H,1,3,6-13H2,2,4-5H3,(H,24,26,28)(H,25,27,29). The Morgan fingerprint density at radius 2 is 1.58 bits per heavy atom. The van der Waals surface area contributed by atoms with Gasteiger partial charge in [0.05, 0.1) is 13.2 Å². The molecule has 0 aliphatic heterocycles. The SMILES string of the molecule is C=C(C)C(=O)NC(=O)OCC(C)C1CC2CCCC(COC(=O)NC(=O)C(=C)C)(C2)C1. The van der Waals surface area contributed by atoms with Crippen molar-refractivity contribution in [3.8, 4) is 0 Å². The largest absolute Gasteiger partial charge is 0.449 e. The minimum Gasteiger partial charge on any atom is -0.449 e. The molecule has 0 aromatic heterocycles. The Labute approximate surface area is 183 Å². The molecular formula is C23H34N2O6. The molecule has 0 saturated heterocycles. The van der Waals surface area contributed by atoms with Crippen molar-refractivity contribution < 1.29 is 28.7 Å². The van der Waals surface area contributed by atoms with E-state index < -0.39 is 24.0 Å². The molecule has 2 aliphatic rings. The van der Waals surface area contributed by atoms with Gasteiger partial charge in [-0.05, 0) is 57.3 Å². The van der Waals surface area contributed by atoms with Gasteiger partial charge < -0.3 is 9.47 Å². The second-order valence-corrected chi connectivity index (χ2v) is 9.28. The number of amides is 4. The van der Waals surface area contributed by atoms with Crippen LogP contribution in [0.1, 0.15) is 59.3 Å². The van der Waals surface area contributed by atoms with Crippen molar-refractivity contribution in [1.82, 2.24) is 10.6 Å². The molecular weight excluding hydrogens is 400 g/mol. The second kappa shape index (κ2) is 10.6. The maximum absolute atomic E-state index is 12.0. The Hall–Kier alpha value is -2.64. The van der Waals surface area contributed by atoms with Crippen LogP contribution in [0.4, 0.5) is 9.59 Å². The van der Waals surface area contributed by atoms with Gasteiger partial charge in [0.15, 0.2) is 0 Å². The molecule has 0 aromatic rings. The average Bonchev–Trinajstić information content (AvgIpc) is 2.70. The van der Waals surface area contributed by atoms with Crippen molar-refractivity contribution in [2.24, 2.45) is 23.2 Å². The molecule has 8 heteroatoms. The van der Waals surface area contributed by atoms with E-state index >= 15 is 0 Å². The highest BCUT2D eigenvalue weighted by atomic mass is 16.6. The van der Waals surface area contributed by atoms with Gasteiger partial charge in [0, 0.05) is 16.6 Å². The number of hydrogen-bond donors (Lipinski definition) is 2. The first-order valence-corrected chi connectivity index (χ1v) is 10.8. The molecule has 2 fully saturated rings. The molecule has 2 rings (SSSR count). The van der Waals surface area contributed by atoms with Crippen LogP contribution >= 0.6 is 0 Å². The summed E-state index contributed by atoms with van der Waals surface area (Å²) in [6.45, 7) is 12.5. The first kappa shape index (κ1) is 24.6. The molecule has 31 heavy (non-hydrogen) atoms. The second-order valence-electron chi connectivity index (χ2n) is 9.28. The summed E-state index contributed by atoms with van der Waals surface area (Å²) >= 11 is 0. The molecule has 172 valence electrons. The quantitative estimate of drug-likeness (QED) is 0.589. The van der Waals surface area contributed by atoms with Gasteiger partial charge in [-0.3, -0.25) is 20.2 Å². The zero-order chi connectivity index (χ0) is 23.2. The summed E-state index contributed by atoms with van der Waals surface area (Å²) in [5.41, 5.74) is 0.358. The van der Waals surface area contributed by atoms with Gasteiger partial charge in [0.25, 0.3) is 11.8 Å². The predicted molar refractivity (Wildman–Crippen MR) is 115 cm³/mol. The van der Waals surface area contributed by atoms with Gasteiger partial charge in [0.2, 0.25) is 0 Å². The fraction of sp³-hybridized carbons (Fsp3) is 0.652. The first-order valence-electron chi connectivity index (χ1n) is 10.8. The Balaban J connectivity index is 1.90. The molecule has 2 bridgehead atoms. The van der Waals surface area contributed by atoms with Crippen LogP contribution in [0.3, 0.4) is 0 Å². The van der Waals surface area contributed by atoms with Crippen LogP contribution < -0.4 is 10.6 Å². The van der Waals surface area contributed by atoms with E-state index in [1.165, 1.54) is 13.8 Å². The smallest absolute Gasteiger partial charge is 0.414 e. The number of rotatable bonds is 7. The summed E-state index contributed by atoms with van der Waals surface area (Å²) in [7, 11) is 0. The van der Waals surface area contributed by atoms with E-state index in [1.54, 1.807) is 0 Å². The molecule has 0 radical (unpaired) electrons. The van der Waals surface area contributed by atoms with E-state index in [-0.39, 0.29) is 35.7 Å². The van der Waals surface area contributed by atoms with Crippen LogP contribution in [-0.2, 0) is 19.1 Å². The lowest BCUT2D eigenvalue weighted by molar-refractivity contribution is -0.118. The number of hydrogen-bond acceptors (Lipinski definition) is 6. The van der Waals surface area contributed by atoms with E-state index in [2.05, 4.69) is 23.8 Å². The number of ether oxygens (including phenoxy) is 2. The zero-order valence-electron chi connectivity index (χ0n) is 18.8. The molecule has 8 nitrogen and oxygen atoms in total. The van der Waals surface area contributed by atoms with Gasteiger partial charge >= 0.3 is 12.2 Å². The lowest BCUT2D eigenvalue weighted by Crippen LogP contribution is -2.44. The maximum Gasteiger partial charge on any atom is 0.414 e. The first-order chi connectivity index (χ1) is 14.5. The topological polar surface area (TPSA) is 111 Å². The molecule has 4 atom stereocenters. The van der Waals surface area contributed by atoms with E-state index in [4.69, 9.17) is 9.47 Å². The van der Waals surface area contributed by atoms with E-state index in [1.807, 2.05) is 6.92 Å². The van der Waals surface area contributed by atoms with Crippen molar-refractivity contribution in [3.63, 3.8) is 0 Å². The maximum atomic E-state index is 12.0. The molecule has 2 N–H and O–H groups in total. The number of alkyl carbamates (subject to hydrolysis) is 2. The Morgan fingerprint density at radius 1 is 1.00 bits per heavy atom. The summed E-state index contributed by atoms with van der Waals surface area (Å²) in [6, 6.07) is 0. The van der Waals surface area contributed by atoms with Crippen LogP contribution in [0, 0.1) is 23.2 Å². The Bertz CT molecular complexity index is 761. The van der Waals surface area contributed by atoms with Crippen LogP contribution in [0.2, 0.25) is 0 Å². The number of nitrogens with one attached hydrogen (secondary N) is 2. The number of carbonyl (C=O) groups excluding carboxylic acids is 4. The van der Waals surface area contributed by atoms with E-state index in [0.29, 0.717) is 11.8 Å². The van der Waals surface area contributed by atoms with Crippen molar-refractivity contribution in [1.29, 1.82) is 0 Å². The highest BCUT2D eigenvalue weighted by Gasteiger charge is 2.45. The van der Waals surface area contributed by atoms with Crippen LogP contribution in [0.25, 0.3) is 0 Å². The Morgan fingerprint density at radius 3 is 2.16 bits per heavy atom. The monoisotopic (exact) mass is 434 g/mol. The number of fused-ring (bicyclic) bond motifs is 2. The third-order valence-corrected chi connectivity index (χ3v) is 6.37. The fourth-order valence-corrected chi connectivity index (χ4v) is 4.69. The molecule has 2 saturated carbocycles. The summed E-state index contributed by atoms with van der Waals surface area (Å²) in [6.07, 6.45) is 4.56. The van der Waals surface area contributed by atoms with Crippen LogP contribution in [-0.4, -0.2) is 37.2 Å². The third kappa shape index (κ3) is 7.22. The normalized spacial score (nSPS) is 25.5. The van der Waals surface area contributed by atoms with Gasteiger partial charge in [-0.25, -0.2) is 9.59 Å². The van der Waals surface area contributed by atoms with Gasteiger partial charge in [-0.2, -0.15) is 0 Å². The molecule has 4 unspecified atom stereocenters. The number of imide groups is 2. The highest BCUT2D eigenvalue weighted by molar-refractivity contribution is 6.02. The van der Waals surface area contributed by atoms with Gasteiger partial charge in [-0.1, -0.05) is 32.9 Å². The fourth-order valence-electron chi connectivity index (χ4n) is 4.69. The van der Waals surface area contributed by atoms with Crippen LogP contribution in [0.15, 0.2) is 24.3 Å². The minimum atomic E-state index is -0.771. The van der Waals surface area contributed by atoms with Crippen molar-refractivity contribution in [2.45, 2.75) is 59.3 Å². The zero-order valence-corrected chi connectivity index (χ0v) is 18.8. The molecule has 4 amide bonds. The van der Waals surface area contributed by atoms with Gasteiger partial charge in [-0.15, -0.1) is 0 Å². The molecule has 0 spiro atoms. The van der Waals surface area contributed by atoms with E-state index in [9.17, 15) is 19.2 Å². The van der Waals surface area contributed by atoms with Gasteiger partial charge in [0.1, 0.15) is 0 Å². The molecule has 2 aliphatic carbocycles. The lowest BCUT2D eigenvalue weighted by atomic mass is 9.57. The van der Waals surface area contributed by atoms with Crippen molar-refractivity contribution in [2.75, 3.05) is 13.2 Å². The summed E-state index contributed by atoms with van der Waals surface area (Å²) in [5, 5.41) is 4.33. The van der Waals surface area contributed by atoms with E-state index in [0.717, 1.165) is 38.5 Å². The Kier molecular flexibility index (Phi) is 8.42. The van der Waals surface area contributed by atoms with Crippen molar-refractivity contribution >= 4 is 24.0 Å². The minimum absolute atomic E-state index is 0.102. The van der Waals surface area contributed by atoms with Crippen LogP contribution in [0.5, 0.6) is 0 Å². The highest BCUT2D eigenvalue weighted by Crippen LogP contribution is 2.52. The third-order valence-electron chi connectivity index (χ3n) is 6.37. The average molecular weight is 435 g/mol. The summed E-state index contributed by atoms with van der Waals surface area (Å²) in [5.74, 6) is -0.140. The van der Waals surface area contributed by atoms with Crippen molar-refractivity contribution in [3.05, 3.63) is 24.3 Å². The summed E-state index contributed by atoms with van der Waals surface area (Å²) < 4.78 is 10.7. The lowest BCUT2D eigenvalue weighted by Gasteiger charge is -2.49.